The number of hydrogen-bond acceptors (Lipinski definition) is 2. The SMILES string of the molecule is CC(=O)C1Cc2ccccc2C2=CC(=O)CCC21. The number of carbonyl (C=O) groups is 2. The minimum atomic E-state index is 0.0549. The van der Waals surface area contributed by atoms with Gasteiger partial charge in [-0.1, -0.05) is 24.3 Å². The summed E-state index contributed by atoms with van der Waals surface area (Å²) in [6.07, 6.45) is 3.99. The molecule has 2 unspecified atom stereocenters. The van der Waals surface area contributed by atoms with Crippen molar-refractivity contribution in [2.45, 2.75) is 26.2 Å². The Bertz CT molecular complexity index is 554. The van der Waals surface area contributed by atoms with Gasteiger partial charge in [0.2, 0.25) is 0 Å². The summed E-state index contributed by atoms with van der Waals surface area (Å²) in [7, 11) is 0. The van der Waals surface area contributed by atoms with Gasteiger partial charge in [0.25, 0.3) is 0 Å². The van der Waals surface area contributed by atoms with Gasteiger partial charge in [0.1, 0.15) is 5.78 Å². The quantitative estimate of drug-likeness (QED) is 0.756. The molecule has 2 nitrogen and oxygen atoms in total. The molecule has 3 rings (SSSR count). The number of benzene rings is 1. The highest BCUT2D eigenvalue weighted by atomic mass is 16.1. The van der Waals surface area contributed by atoms with Gasteiger partial charge >= 0.3 is 0 Å². The zero-order valence-electron chi connectivity index (χ0n) is 10.5. The van der Waals surface area contributed by atoms with Crippen LogP contribution in [0.1, 0.15) is 30.9 Å². The van der Waals surface area contributed by atoms with Crippen LogP contribution in [-0.4, -0.2) is 11.6 Å². The lowest BCUT2D eigenvalue weighted by molar-refractivity contribution is -0.122. The lowest BCUT2D eigenvalue weighted by atomic mass is 9.67. The molecule has 0 spiro atoms. The van der Waals surface area contributed by atoms with Gasteiger partial charge in [-0.25, -0.2) is 0 Å². The van der Waals surface area contributed by atoms with Gasteiger partial charge in [-0.2, -0.15) is 0 Å². The summed E-state index contributed by atoms with van der Waals surface area (Å²) in [5, 5.41) is 0. The van der Waals surface area contributed by atoms with E-state index in [9.17, 15) is 9.59 Å². The molecule has 1 aromatic carbocycles. The van der Waals surface area contributed by atoms with Crippen molar-refractivity contribution >= 4 is 17.1 Å². The van der Waals surface area contributed by atoms with Crippen molar-refractivity contribution in [3.63, 3.8) is 0 Å². The number of hydrogen-bond donors (Lipinski definition) is 0. The molecular weight excluding hydrogens is 224 g/mol. The van der Waals surface area contributed by atoms with E-state index in [0.29, 0.717) is 6.42 Å². The lowest BCUT2D eigenvalue weighted by Gasteiger charge is -2.36. The smallest absolute Gasteiger partial charge is 0.156 e. The van der Waals surface area contributed by atoms with E-state index in [2.05, 4.69) is 12.1 Å². The highest BCUT2D eigenvalue weighted by Gasteiger charge is 2.36. The molecule has 18 heavy (non-hydrogen) atoms. The molecule has 0 N–H and O–H groups in total. The van der Waals surface area contributed by atoms with E-state index in [1.54, 1.807) is 13.0 Å². The number of rotatable bonds is 1. The third kappa shape index (κ3) is 1.72. The molecule has 2 heteroatoms. The lowest BCUT2D eigenvalue weighted by Crippen LogP contribution is -2.32. The van der Waals surface area contributed by atoms with Gasteiger partial charge in [0.15, 0.2) is 5.78 Å². The molecular formula is C16H16O2. The summed E-state index contributed by atoms with van der Waals surface area (Å²) < 4.78 is 0. The first-order chi connectivity index (χ1) is 8.66. The normalized spacial score (nSPS) is 26.1. The predicted octanol–water partition coefficient (Wildman–Crippen LogP) is 2.81. The number of carbonyl (C=O) groups excluding carboxylic acids is 2. The minimum Gasteiger partial charge on any atom is -0.300 e. The molecule has 0 heterocycles. The Labute approximate surface area is 107 Å². The van der Waals surface area contributed by atoms with Crippen LogP contribution in [0.15, 0.2) is 30.3 Å². The fourth-order valence-corrected chi connectivity index (χ4v) is 3.29. The van der Waals surface area contributed by atoms with Crippen molar-refractivity contribution in [3.8, 4) is 0 Å². The van der Waals surface area contributed by atoms with E-state index in [0.717, 1.165) is 18.4 Å². The highest BCUT2D eigenvalue weighted by molar-refractivity contribution is 6.00. The molecule has 0 radical (unpaired) electrons. The van der Waals surface area contributed by atoms with Gasteiger partial charge in [-0.15, -0.1) is 0 Å². The summed E-state index contributed by atoms with van der Waals surface area (Å²) in [5.41, 5.74) is 3.47. The first-order valence-corrected chi connectivity index (χ1v) is 6.50. The maximum atomic E-state index is 11.8. The molecule has 0 aliphatic heterocycles. The first kappa shape index (κ1) is 11.4. The summed E-state index contributed by atoms with van der Waals surface area (Å²) in [4.78, 5) is 23.5. The summed E-state index contributed by atoms with van der Waals surface area (Å²) in [6.45, 7) is 1.67. The maximum Gasteiger partial charge on any atom is 0.156 e. The van der Waals surface area contributed by atoms with Crippen molar-refractivity contribution in [2.24, 2.45) is 11.8 Å². The number of Topliss-reactive ketones (excluding diaryl/α,β-unsaturated/α-hetero) is 1. The molecule has 0 fully saturated rings. The Morgan fingerprint density at radius 1 is 1.28 bits per heavy atom. The number of allylic oxidation sites excluding steroid dienone is 2. The Morgan fingerprint density at radius 3 is 2.83 bits per heavy atom. The van der Waals surface area contributed by atoms with Gasteiger partial charge in [-0.3, -0.25) is 9.59 Å². The van der Waals surface area contributed by atoms with Gasteiger partial charge in [0.05, 0.1) is 0 Å². The monoisotopic (exact) mass is 240 g/mol. The van der Waals surface area contributed by atoms with Crippen molar-refractivity contribution < 1.29 is 9.59 Å². The molecule has 0 amide bonds. The van der Waals surface area contributed by atoms with Gasteiger partial charge in [0, 0.05) is 12.3 Å². The standard InChI is InChI=1S/C16H16O2/c1-10(17)15-8-11-4-2-3-5-13(11)16-9-12(18)6-7-14(15)16/h2-5,9,14-15H,6-8H2,1H3. The summed E-state index contributed by atoms with van der Waals surface area (Å²) in [5.74, 6) is 0.740. The van der Waals surface area contributed by atoms with E-state index < -0.39 is 0 Å². The molecule has 0 aromatic heterocycles. The van der Waals surface area contributed by atoms with Crippen LogP contribution < -0.4 is 0 Å². The van der Waals surface area contributed by atoms with E-state index in [1.807, 2.05) is 12.1 Å². The third-order valence-corrected chi connectivity index (χ3v) is 4.19. The molecule has 1 aromatic rings. The van der Waals surface area contributed by atoms with Gasteiger partial charge in [-0.05, 0) is 48.5 Å². The van der Waals surface area contributed by atoms with E-state index >= 15 is 0 Å². The first-order valence-electron chi connectivity index (χ1n) is 6.50. The van der Waals surface area contributed by atoms with Crippen LogP contribution in [0.25, 0.3) is 5.57 Å². The molecule has 2 aliphatic carbocycles. The Hall–Kier alpha value is -1.70. The molecule has 0 bridgehead atoms. The van der Waals surface area contributed by atoms with E-state index in [-0.39, 0.29) is 23.4 Å². The molecule has 92 valence electrons. The maximum absolute atomic E-state index is 11.8. The van der Waals surface area contributed by atoms with Gasteiger partial charge < -0.3 is 0 Å². The van der Waals surface area contributed by atoms with Crippen molar-refractivity contribution in [2.75, 3.05) is 0 Å². The molecule has 2 atom stereocenters. The largest absolute Gasteiger partial charge is 0.300 e. The van der Waals surface area contributed by atoms with Crippen molar-refractivity contribution in [1.29, 1.82) is 0 Å². The van der Waals surface area contributed by atoms with Crippen LogP contribution in [0, 0.1) is 11.8 Å². The Balaban J connectivity index is 2.15. The van der Waals surface area contributed by atoms with Crippen molar-refractivity contribution in [1.82, 2.24) is 0 Å². The predicted molar refractivity (Wildman–Crippen MR) is 70.0 cm³/mol. The molecule has 0 saturated carbocycles. The second-order valence-corrected chi connectivity index (χ2v) is 5.29. The Kier molecular flexibility index (Phi) is 2.66. The minimum absolute atomic E-state index is 0.0549. The number of fused-ring (bicyclic) bond motifs is 3. The summed E-state index contributed by atoms with van der Waals surface area (Å²) in [6, 6.07) is 8.15. The average molecular weight is 240 g/mol. The second kappa shape index (κ2) is 4.20. The van der Waals surface area contributed by atoms with E-state index in [1.165, 1.54) is 11.1 Å². The summed E-state index contributed by atoms with van der Waals surface area (Å²) >= 11 is 0. The fraction of sp³-hybridized carbons (Fsp3) is 0.375. The van der Waals surface area contributed by atoms with Crippen LogP contribution in [0.3, 0.4) is 0 Å². The van der Waals surface area contributed by atoms with Crippen LogP contribution in [0.5, 0.6) is 0 Å². The Morgan fingerprint density at radius 2 is 2.06 bits per heavy atom. The van der Waals surface area contributed by atoms with Crippen LogP contribution in [0.4, 0.5) is 0 Å². The van der Waals surface area contributed by atoms with Crippen LogP contribution in [-0.2, 0) is 16.0 Å². The average Bonchev–Trinajstić information content (AvgIpc) is 2.37. The van der Waals surface area contributed by atoms with E-state index in [4.69, 9.17) is 0 Å². The second-order valence-electron chi connectivity index (χ2n) is 5.29. The molecule has 0 saturated heterocycles. The highest BCUT2D eigenvalue weighted by Crippen LogP contribution is 2.43. The zero-order chi connectivity index (χ0) is 12.7. The van der Waals surface area contributed by atoms with Crippen LogP contribution >= 0.6 is 0 Å². The third-order valence-electron chi connectivity index (χ3n) is 4.19. The zero-order valence-corrected chi connectivity index (χ0v) is 10.5. The van der Waals surface area contributed by atoms with Crippen LogP contribution in [0.2, 0.25) is 0 Å². The molecule has 2 aliphatic rings. The number of ketones is 2. The topological polar surface area (TPSA) is 34.1 Å². The fourth-order valence-electron chi connectivity index (χ4n) is 3.29. The van der Waals surface area contributed by atoms with Crippen molar-refractivity contribution in [3.05, 3.63) is 41.5 Å².